The van der Waals surface area contributed by atoms with Crippen LogP contribution in [-0.2, 0) is 14.3 Å². The predicted molar refractivity (Wildman–Crippen MR) is 69.5 cm³/mol. The van der Waals surface area contributed by atoms with Gasteiger partial charge in [-0.05, 0) is 31.8 Å². The molecule has 0 aliphatic carbocycles. The van der Waals surface area contributed by atoms with Crippen LogP contribution in [0.5, 0.6) is 0 Å². The molecular weight excluding hydrogens is 289 g/mol. The highest BCUT2D eigenvalue weighted by atomic mass is 19.4. The number of carbonyl (C=O) groups is 2. The Labute approximate surface area is 121 Å². The van der Waals surface area contributed by atoms with Gasteiger partial charge in [0.2, 0.25) is 5.91 Å². The molecule has 1 amide bonds. The van der Waals surface area contributed by atoms with Gasteiger partial charge in [0, 0.05) is 13.0 Å². The second kappa shape index (κ2) is 8.21. The Balaban J connectivity index is 2.56. The number of nitrogens with zero attached hydrogens (tertiary/aromatic N) is 1. The number of methoxy groups -OCH3 is 1. The zero-order valence-corrected chi connectivity index (χ0v) is 12.0. The first-order valence-electron chi connectivity index (χ1n) is 6.94. The average Bonchev–Trinajstić information content (AvgIpc) is 2.42. The lowest BCUT2D eigenvalue weighted by Gasteiger charge is -2.27. The van der Waals surface area contributed by atoms with E-state index in [0.29, 0.717) is 4.90 Å². The average molecular weight is 310 g/mol. The molecule has 8 heteroatoms. The quantitative estimate of drug-likeness (QED) is 0.752. The molecule has 0 aromatic carbocycles. The summed E-state index contributed by atoms with van der Waals surface area (Å²) in [6.07, 6.45) is -3.05. The second-order valence-corrected chi connectivity index (χ2v) is 5.15. The Kier molecular flexibility index (Phi) is 6.94. The van der Waals surface area contributed by atoms with Crippen LogP contribution in [0.15, 0.2) is 0 Å². The zero-order chi connectivity index (χ0) is 15.9. The number of hydrogen-bond donors (Lipinski definition) is 1. The molecule has 0 saturated carbocycles. The minimum absolute atomic E-state index is 0.0962. The maximum atomic E-state index is 12.5. The van der Waals surface area contributed by atoms with E-state index in [1.54, 1.807) is 0 Å². The van der Waals surface area contributed by atoms with Gasteiger partial charge in [0.15, 0.2) is 0 Å². The molecule has 1 aliphatic rings. The fourth-order valence-corrected chi connectivity index (χ4v) is 2.30. The number of halogens is 3. The van der Waals surface area contributed by atoms with Gasteiger partial charge in [-0.15, -0.1) is 0 Å². The van der Waals surface area contributed by atoms with Crippen LogP contribution >= 0.6 is 0 Å². The van der Waals surface area contributed by atoms with Crippen LogP contribution in [0.2, 0.25) is 0 Å². The van der Waals surface area contributed by atoms with Crippen molar-refractivity contribution >= 4 is 11.9 Å². The molecule has 1 rings (SSSR count). The van der Waals surface area contributed by atoms with E-state index in [2.05, 4.69) is 10.1 Å². The summed E-state index contributed by atoms with van der Waals surface area (Å²) < 4.78 is 42.0. The van der Waals surface area contributed by atoms with E-state index in [0.717, 1.165) is 33.0 Å². The zero-order valence-electron chi connectivity index (χ0n) is 12.0. The normalized spacial score (nSPS) is 16.6. The molecule has 5 nitrogen and oxygen atoms in total. The second-order valence-electron chi connectivity index (χ2n) is 5.15. The van der Waals surface area contributed by atoms with E-state index in [1.165, 1.54) is 0 Å². The third-order valence-electron chi connectivity index (χ3n) is 3.46. The van der Waals surface area contributed by atoms with Crippen LogP contribution in [0.3, 0.4) is 0 Å². The van der Waals surface area contributed by atoms with Gasteiger partial charge >= 0.3 is 12.1 Å². The largest absolute Gasteiger partial charge is 0.469 e. The lowest BCUT2D eigenvalue weighted by Crippen LogP contribution is -2.41. The Morgan fingerprint density at radius 2 is 1.90 bits per heavy atom. The number of piperidine rings is 1. The van der Waals surface area contributed by atoms with E-state index in [9.17, 15) is 22.8 Å². The van der Waals surface area contributed by atoms with Gasteiger partial charge in [0.05, 0.1) is 13.5 Å². The van der Waals surface area contributed by atoms with Crippen LogP contribution in [0.4, 0.5) is 13.2 Å². The fraction of sp³-hybridized carbons (Fsp3) is 0.846. The van der Waals surface area contributed by atoms with Gasteiger partial charge in [-0.3, -0.25) is 9.59 Å². The van der Waals surface area contributed by atoms with Crippen LogP contribution in [0.25, 0.3) is 0 Å². The summed E-state index contributed by atoms with van der Waals surface area (Å²) in [5, 5.41) is 3.14. The Bertz CT molecular complexity index is 355. The minimum Gasteiger partial charge on any atom is -0.469 e. The van der Waals surface area contributed by atoms with Crippen molar-refractivity contribution in [1.29, 1.82) is 0 Å². The first-order valence-corrected chi connectivity index (χ1v) is 6.94. The maximum absolute atomic E-state index is 12.5. The van der Waals surface area contributed by atoms with Gasteiger partial charge in [0.25, 0.3) is 0 Å². The van der Waals surface area contributed by atoms with E-state index >= 15 is 0 Å². The molecule has 1 aliphatic heterocycles. The smallest absolute Gasteiger partial charge is 0.406 e. The number of nitrogens with one attached hydrogen (secondary N) is 1. The number of amides is 1. The number of alkyl halides is 3. The molecule has 0 bridgehead atoms. The van der Waals surface area contributed by atoms with Crippen molar-refractivity contribution in [2.45, 2.75) is 31.9 Å². The number of hydrogen-bond acceptors (Lipinski definition) is 4. The van der Waals surface area contributed by atoms with Gasteiger partial charge in [-0.25, -0.2) is 0 Å². The van der Waals surface area contributed by atoms with Crippen LogP contribution in [0.1, 0.15) is 25.7 Å². The Morgan fingerprint density at radius 1 is 1.29 bits per heavy atom. The van der Waals surface area contributed by atoms with Crippen LogP contribution in [-0.4, -0.2) is 56.2 Å². The topological polar surface area (TPSA) is 58.6 Å². The highest BCUT2D eigenvalue weighted by Gasteiger charge is 2.33. The summed E-state index contributed by atoms with van der Waals surface area (Å²) in [4.78, 5) is 23.8. The van der Waals surface area contributed by atoms with E-state index in [4.69, 9.17) is 0 Å². The fourth-order valence-electron chi connectivity index (χ4n) is 2.30. The van der Waals surface area contributed by atoms with Crippen molar-refractivity contribution in [1.82, 2.24) is 10.2 Å². The summed E-state index contributed by atoms with van der Waals surface area (Å²) in [5.74, 6) is -1.08. The molecule has 0 unspecified atom stereocenters. The SMILES string of the molecule is COC(=O)CCN(CC(F)(F)F)C(=O)CC1CCNCC1. The molecule has 0 aromatic rings. The van der Waals surface area contributed by atoms with Gasteiger partial charge in [0.1, 0.15) is 6.54 Å². The molecule has 1 N–H and O–H groups in total. The summed E-state index contributed by atoms with van der Waals surface area (Å²) in [6, 6.07) is 0. The van der Waals surface area contributed by atoms with Crippen LogP contribution < -0.4 is 5.32 Å². The number of ether oxygens (including phenoxy) is 1. The van der Waals surface area contributed by atoms with Crippen molar-refractivity contribution in [3.8, 4) is 0 Å². The van der Waals surface area contributed by atoms with Crippen molar-refractivity contribution < 1.29 is 27.5 Å². The third kappa shape index (κ3) is 7.31. The molecule has 21 heavy (non-hydrogen) atoms. The first kappa shape index (κ1) is 17.7. The summed E-state index contributed by atoms with van der Waals surface area (Å²) in [7, 11) is 1.16. The standard InChI is InChI=1S/C13H21F3N2O3/c1-21-12(20)4-7-18(9-13(14,15)16)11(19)8-10-2-5-17-6-3-10/h10,17H,2-9H2,1H3. The highest BCUT2D eigenvalue weighted by molar-refractivity contribution is 5.77. The molecule has 0 spiro atoms. The predicted octanol–water partition coefficient (Wildman–Crippen LogP) is 1.33. The number of esters is 1. The molecule has 1 heterocycles. The van der Waals surface area contributed by atoms with Gasteiger partial charge in [-0.1, -0.05) is 0 Å². The van der Waals surface area contributed by atoms with Crippen molar-refractivity contribution in [3.63, 3.8) is 0 Å². The lowest BCUT2D eigenvalue weighted by atomic mass is 9.94. The number of carbonyl (C=O) groups excluding carboxylic acids is 2. The molecule has 0 atom stereocenters. The number of rotatable bonds is 6. The Morgan fingerprint density at radius 3 is 2.43 bits per heavy atom. The van der Waals surface area contributed by atoms with Gasteiger partial charge in [-0.2, -0.15) is 13.2 Å². The Hall–Kier alpha value is -1.31. The molecule has 1 saturated heterocycles. The first-order chi connectivity index (χ1) is 9.81. The highest BCUT2D eigenvalue weighted by Crippen LogP contribution is 2.21. The molecular formula is C13H21F3N2O3. The van der Waals surface area contributed by atoms with E-state index in [1.807, 2.05) is 0 Å². The van der Waals surface area contributed by atoms with Crippen molar-refractivity contribution in [2.24, 2.45) is 5.92 Å². The van der Waals surface area contributed by atoms with Crippen LogP contribution in [0, 0.1) is 5.92 Å². The lowest BCUT2D eigenvalue weighted by molar-refractivity contribution is -0.163. The third-order valence-corrected chi connectivity index (χ3v) is 3.46. The monoisotopic (exact) mass is 310 g/mol. The minimum atomic E-state index is -4.47. The van der Waals surface area contributed by atoms with E-state index < -0.39 is 24.6 Å². The van der Waals surface area contributed by atoms with Crippen molar-refractivity contribution in [3.05, 3.63) is 0 Å². The molecule has 0 aromatic heterocycles. The maximum Gasteiger partial charge on any atom is 0.406 e. The summed E-state index contributed by atoms with van der Waals surface area (Å²) in [6.45, 7) is -0.0391. The molecule has 1 fully saturated rings. The molecule has 122 valence electrons. The van der Waals surface area contributed by atoms with Crippen molar-refractivity contribution in [2.75, 3.05) is 33.3 Å². The summed E-state index contributed by atoms with van der Waals surface area (Å²) >= 11 is 0. The van der Waals surface area contributed by atoms with Gasteiger partial charge < -0.3 is 15.0 Å². The molecule has 0 radical (unpaired) electrons. The van der Waals surface area contributed by atoms with E-state index in [-0.39, 0.29) is 25.3 Å². The summed E-state index contributed by atoms with van der Waals surface area (Å²) in [5.41, 5.74) is 0.